The second kappa shape index (κ2) is 9.63. The van der Waals surface area contributed by atoms with E-state index in [1.54, 1.807) is 7.05 Å². The molecule has 0 unspecified atom stereocenters. The number of rotatable bonds is 7. The van der Waals surface area contributed by atoms with Crippen LogP contribution >= 0.6 is 0 Å². The van der Waals surface area contributed by atoms with Crippen molar-refractivity contribution >= 4 is 12.1 Å². The quantitative estimate of drug-likeness (QED) is 0.496. The highest BCUT2D eigenvalue weighted by molar-refractivity contribution is 5.79. The predicted molar refractivity (Wildman–Crippen MR) is 96.9 cm³/mol. The van der Waals surface area contributed by atoms with Crippen LogP contribution in [0, 0.1) is 5.92 Å². The van der Waals surface area contributed by atoms with Crippen molar-refractivity contribution in [1.29, 1.82) is 0 Å². The Balaban J connectivity index is 4.36. The van der Waals surface area contributed by atoms with Gasteiger partial charge in [0.1, 0.15) is 5.60 Å². The molecule has 1 amide bonds. The van der Waals surface area contributed by atoms with Crippen LogP contribution in [0.3, 0.4) is 0 Å². The van der Waals surface area contributed by atoms with Crippen LogP contribution in [-0.4, -0.2) is 43.3 Å². The first kappa shape index (κ1) is 21.5. The fourth-order valence-electron chi connectivity index (χ4n) is 1.97. The van der Waals surface area contributed by atoms with Crippen LogP contribution in [-0.2, 0) is 4.74 Å². The largest absolute Gasteiger partial charge is 0.444 e. The number of nitrogens with one attached hydrogen (secondary N) is 3. The first-order valence-corrected chi connectivity index (χ1v) is 8.48. The Bertz CT molecular complexity index is 383. The number of guanidine groups is 1. The minimum atomic E-state index is -0.500. The van der Waals surface area contributed by atoms with Crippen molar-refractivity contribution in [2.75, 3.05) is 20.1 Å². The summed E-state index contributed by atoms with van der Waals surface area (Å²) in [5.41, 5.74) is -0.949. The van der Waals surface area contributed by atoms with Gasteiger partial charge in [-0.25, -0.2) is 4.79 Å². The number of amides is 1. The molecule has 3 N–H and O–H groups in total. The number of carbonyl (C=O) groups excluding carboxylic acids is 1. The average molecular weight is 329 g/mol. The molecule has 0 aromatic carbocycles. The second-order valence-electron chi connectivity index (χ2n) is 7.50. The fourth-order valence-corrected chi connectivity index (χ4v) is 1.97. The topological polar surface area (TPSA) is 74.8 Å². The molecule has 0 saturated carbocycles. The molecule has 0 atom stereocenters. The van der Waals surface area contributed by atoms with E-state index in [-0.39, 0.29) is 0 Å². The van der Waals surface area contributed by atoms with Crippen molar-refractivity contribution in [3.63, 3.8) is 0 Å². The van der Waals surface area contributed by atoms with Crippen LogP contribution < -0.4 is 16.0 Å². The summed E-state index contributed by atoms with van der Waals surface area (Å²) in [6.07, 6.45) is 1.88. The molecule has 136 valence electrons. The van der Waals surface area contributed by atoms with E-state index in [4.69, 9.17) is 4.74 Å². The van der Waals surface area contributed by atoms with Crippen LogP contribution in [0.25, 0.3) is 0 Å². The first-order valence-electron chi connectivity index (χ1n) is 8.48. The van der Waals surface area contributed by atoms with Crippen LogP contribution in [0.15, 0.2) is 4.99 Å². The smallest absolute Gasteiger partial charge is 0.408 e. The summed E-state index contributed by atoms with van der Waals surface area (Å²) in [6, 6.07) is 0. The molecule has 0 radical (unpaired) electrons. The summed E-state index contributed by atoms with van der Waals surface area (Å²) in [5, 5.41) is 9.45. The van der Waals surface area contributed by atoms with Gasteiger partial charge in [0.2, 0.25) is 0 Å². The zero-order valence-electron chi connectivity index (χ0n) is 16.2. The third kappa shape index (κ3) is 10.8. The minimum absolute atomic E-state index is 0.413. The van der Waals surface area contributed by atoms with Gasteiger partial charge in [-0.3, -0.25) is 4.99 Å². The van der Waals surface area contributed by atoms with Crippen molar-refractivity contribution < 1.29 is 9.53 Å². The maximum absolute atomic E-state index is 11.9. The van der Waals surface area contributed by atoms with Crippen LogP contribution in [0.1, 0.15) is 61.3 Å². The molecule has 6 heteroatoms. The van der Waals surface area contributed by atoms with Gasteiger partial charge in [0.15, 0.2) is 5.96 Å². The predicted octanol–water partition coefficient (Wildman–Crippen LogP) is 2.89. The lowest BCUT2D eigenvalue weighted by Crippen LogP contribution is -2.54. The summed E-state index contributed by atoms with van der Waals surface area (Å²) in [4.78, 5) is 16.1. The lowest BCUT2D eigenvalue weighted by atomic mass is 10.0. The van der Waals surface area contributed by atoms with Gasteiger partial charge in [0, 0.05) is 20.1 Å². The van der Waals surface area contributed by atoms with E-state index in [0.717, 1.165) is 25.3 Å². The Labute approximate surface area is 141 Å². The molecule has 0 aromatic rings. The number of aliphatic imine (C=N–C) groups is 1. The standard InChI is InChI=1S/C17H36N4O2/c1-9-13(10-2)11-19-14(18-8)20-12-17(6,7)21-15(22)23-16(3,4)5/h13H,9-12H2,1-8H3,(H,21,22)(H2,18,19,20). The summed E-state index contributed by atoms with van der Waals surface area (Å²) in [7, 11) is 1.75. The van der Waals surface area contributed by atoms with Crippen molar-refractivity contribution in [2.45, 2.75) is 72.4 Å². The maximum Gasteiger partial charge on any atom is 0.408 e. The van der Waals surface area contributed by atoms with E-state index in [2.05, 4.69) is 34.8 Å². The number of ether oxygens (including phenoxy) is 1. The molecule has 0 aliphatic rings. The van der Waals surface area contributed by atoms with Gasteiger partial charge in [-0.15, -0.1) is 0 Å². The zero-order valence-corrected chi connectivity index (χ0v) is 16.2. The number of hydrogen-bond donors (Lipinski definition) is 3. The molecule has 0 fully saturated rings. The van der Waals surface area contributed by atoms with E-state index in [0.29, 0.717) is 12.5 Å². The highest BCUT2D eigenvalue weighted by Gasteiger charge is 2.24. The molecule has 0 saturated heterocycles. The van der Waals surface area contributed by atoms with Crippen LogP contribution in [0.2, 0.25) is 0 Å². The first-order chi connectivity index (χ1) is 10.5. The molecule has 0 heterocycles. The van der Waals surface area contributed by atoms with E-state index in [1.165, 1.54) is 0 Å². The molecule has 23 heavy (non-hydrogen) atoms. The Hall–Kier alpha value is -1.46. The van der Waals surface area contributed by atoms with Crippen molar-refractivity contribution in [2.24, 2.45) is 10.9 Å². The SMILES string of the molecule is CCC(CC)CNC(=NC)NCC(C)(C)NC(=O)OC(C)(C)C. The minimum Gasteiger partial charge on any atom is -0.444 e. The van der Waals surface area contributed by atoms with E-state index in [9.17, 15) is 4.79 Å². The van der Waals surface area contributed by atoms with Gasteiger partial charge >= 0.3 is 6.09 Å². The lowest BCUT2D eigenvalue weighted by Gasteiger charge is -2.29. The van der Waals surface area contributed by atoms with Gasteiger partial charge < -0.3 is 20.7 Å². The monoisotopic (exact) mass is 328 g/mol. The number of carbonyl (C=O) groups is 1. The summed E-state index contributed by atoms with van der Waals surface area (Å²) in [5.74, 6) is 1.39. The molecule has 0 aliphatic carbocycles. The third-order valence-corrected chi connectivity index (χ3v) is 3.47. The van der Waals surface area contributed by atoms with Crippen LogP contribution in [0.5, 0.6) is 0 Å². The molecule has 0 rings (SSSR count). The maximum atomic E-state index is 11.9. The van der Waals surface area contributed by atoms with E-state index < -0.39 is 17.2 Å². The van der Waals surface area contributed by atoms with Crippen molar-refractivity contribution in [3.05, 3.63) is 0 Å². The number of alkyl carbamates (subject to hydrolysis) is 1. The third-order valence-electron chi connectivity index (χ3n) is 3.47. The Kier molecular flexibility index (Phi) is 9.02. The van der Waals surface area contributed by atoms with Crippen LogP contribution in [0.4, 0.5) is 4.79 Å². The molecule has 0 bridgehead atoms. The van der Waals surface area contributed by atoms with E-state index >= 15 is 0 Å². The molecule has 0 aliphatic heterocycles. The number of hydrogen-bond acceptors (Lipinski definition) is 3. The molecule has 6 nitrogen and oxygen atoms in total. The summed E-state index contributed by atoms with van der Waals surface area (Å²) in [6.45, 7) is 15.3. The highest BCUT2D eigenvalue weighted by atomic mass is 16.6. The Morgan fingerprint density at radius 1 is 1.09 bits per heavy atom. The van der Waals surface area contributed by atoms with Crippen molar-refractivity contribution in [1.82, 2.24) is 16.0 Å². The summed E-state index contributed by atoms with van der Waals surface area (Å²) < 4.78 is 5.29. The zero-order chi connectivity index (χ0) is 18.1. The normalized spacial score (nSPS) is 13.0. The molecule has 0 spiro atoms. The Morgan fingerprint density at radius 2 is 1.65 bits per heavy atom. The van der Waals surface area contributed by atoms with Crippen molar-refractivity contribution in [3.8, 4) is 0 Å². The average Bonchev–Trinajstić information content (AvgIpc) is 2.40. The highest BCUT2D eigenvalue weighted by Crippen LogP contribution is 2.09. The van der Waals surface area contributed by atoms with Gasteiger partial charge in [0.25, 0.3) is 0 Å². The molecular weight excluding hydrogens is 292 g/mol. The van der Waals surface area contributed by atoms with Gasteiger partial charge in [-0.05, 0) is 40.5 Å². The summed E-state index contributed by atoms with van der Waals surface area (Å²) >= 11 is 0. The van der Waals surface area contributed by atoms with E-state index in [1.807, 2.05) is 34.6 Å². The van der Waals surface area contributed by atoms with Gasteiger partial charge in [-0.1, -0.05) is 26.7 Å². The van der Waals surface area contributed by atoms with Gasteiger partial charge in [0.05, 0.1) is 5.54 Å². The molecular formula is C17H36N4O2. The fraction of sp³-hybridized carbons (Fsp3) is 0.882. The lowest BCUT2D eigenvalue weighted by molar-refractivity contribution is 0.0474. The second-order valence-corrected chi connectivity index (χ2v) is 7.50. The van der Waals surface area contributed by atoms with Gasteiger partial charge in [-0.2, -0.15) is 0 Å². The number of nitrogens with zero attached hydrogens (tertiary/aromatic N) is 1. The molecule has 0 aromatic heterocycles. The Morgan fingerprint density at radius 3 is 2.09 bits per heavy atom.